The number of urea groups is 1. The number of thiophene rings is 1. The third-order valence-electron chi connectivity index (χ3n) is 4.01. The van der Waals surface area contributed by atoms with Crippen molar-refractivity contribution in [3.63, 3.8) is 0 Å². The lowest BCUT2D eigenvalue weighted by molar-refractivity contribution is -0.142. The molecule has 0 bridgehead atoms. The van der Waals surface area contributed by atoms with Crippen LogP contribution in [0.5, 0.6) is 0 Å². The molecule has 2 unspecified atom stereocenters. The Kier molecular flexibility index (Phi) is 4.88. The second-order valence-electron chi connectivity index (χ2n) is 5.69. The summed E-state index contributed by atoms with van der Waals surface area (Å²) in [5.41, 5.74) is 0.756. The molecule has 2 N–H and O–H groups in total. The van der Waals surface area contributed by atoms with Crippen molar-refractivity contribution >= 4 is 23.3 Å². The van der Waals surface area contributed by atoms with Crippen molar-refractivity contribution in [3.8, 4) is 0 Å². The Labute approximate surface area is 129 Å². The summed E-state index contributed by atoms with van der Waals surface area (Å²) in [6.07, 6.45) is 1.56. The minimum atomic E-state index is -0.970. The fraction of sp³-hybridized carbons (Fsp3) is 0.600. The molecule has 6 heteroatoms. The van der Waals surface area contributed by atoms with Crippen LogP contribution in [0.3, 0.4) is 0 Å². The van der Waals surface area contributed by atoms with Crippen LogP contribution in [0, 0.1) is 5.92 Å². The van der Waals surface area contributed by atoms with Crippen molar-refractivity contribution in [1.82, 2.24) is 10.2 Å². The standard InChI is InChI=1S/C15H22N2O3S/c1-4-11(9(2)3)16-15(20)17-7-5-12-10(6-8-21-12)13(17)14(18)19/h6,8-9,11,13H,4-5,7H2,1-3H3,(H,16,20)(H,18,19). The summed E-state index contributed by atoms with van der Waals surface area (Å²) in [7, 11) is 0. The third kappa shape index (κ3) is 3.20. The SMILES string of the molecule is CCC(NC(=O)N1CCc2sccc2C1C(=O)O)C(C)C. The van der Waals surface area contributed by atoms with Crippen molar-refractivity contribution in [2.75, 3.05) is 6.54 Å². The van der Waals surface area contributed by atoms with E-state index < -0.39 is 12.0 Å². The number of rotatable bonds is 4. The van der Waals surface area contributed by atoms with Gasteiger partial charge in [0.15, 0.2) is 6.04 Å². The van der Waals surface area contributed by atoms with Crippen molar-refractivity contribution in [2.45, 2.75) is 45.7 Å². The number of carboxylic acids is 1. The van der Waals surface area contributed by atoms with Gasteiger partial charge < -0.3 is 15.3 Å². The van der Waals surface area contributed by atoms with E-state index in [1.165, 1.54) is 4.90 Å². The van der Waals surface area contributed by atoms with Crippen LogP contribution in [-0.4, -0.2) is 34.6 Å². The fourth-order valence-corrected chi connectivity index (χ4v) is 3.69. The van der Waals surface area contributed by atoms with E-state index in [1.807, 2.05) is 18.4 Å². The zero-order valence-electron chi connectivity index (χ0n) is 12.6. The van der Waals surface area contributed by atoms with Crippen LogP contribution >= 0.6 is 11.3 Å². The molecule has 2 amide bonds. The van der Waals surface area contributed by atoms with Gasteiger partial charge in [-0.25, -0.2) is 9.59 Å². The smallest absolute Gasteiger partial charge is 0.331 e. The predicted molar refractivity (Wildman–Crippen MR) is 82.6 cm³/mol. The number of nitrogens with zero attached hydrogens (tertiary/aromatic N) is 1. The maximum absolute atomic E-state index is 12.5. The first-order valence-corrected chi connectivity index (χ1v) is 8.19. The molecule has 2 atom stereocenters. The van der Waals surface area contributed by atoms with Crippen LogP contribution in [-0.2, 0) is 11.2 Å². The van der Waals surface area contributed by atoms with E-state index in [0.717, 1.165) is 23.3 Å². The number of amides is 2. The number of nitrogens with one attached hydrogen (secondary N) is 1. The molecule has 2 heterocycles. The highest BCUT2D eigenvalue weighted by atomic mass is 32.1. The molecule has 5 nitrogen and oxygen atoms in total. The van der Waals surface area contributed by atoms with Gasteiger partial charge in [0.1, 0.15) is 0 Å². The lowest BCUT2D eigenvalue weighted by Gasteiger charge is -2.35. The molecule has 1 aliphatic rings. The summed E-state index contributed by atoms with van der Waals surface area (Å²) >= 11 is 1.56. The number of carboxylic acid groups (broad SMARTS) is 1. The topological polar surface area (TPSA) is 69.6 Å². The van der Waals surface area contributed by atoms with Crippen LogP contribution in [0.15, 0.2) is 11.4 Å². The Balaban J connectivity index is 2.19. The minimum Gasteiger partial charge on any atom is -0.479 e. The molecule has 0 radical (unpaired) electrons. The molecule has 0 saturated heterocycles. The molecule has 0 aromatic carbocycles. The fourth-order valence-electron chi connectivity index (χ4n) is 2.78. The zero-order chi connectivity index (χ0) is 15.6. The van der Waals surface area contributed by atoms with Gasteiger partial charge in [0.05, 0.1) is 0 Å². The third-order valence-corrected chi connectivity index (χ3v) is 5.01. The van der Waals surface area contributed by atoms with Crippen molar-refractivity contribution in [2.24, 2.45) is 5.92 Å². The summed E-state index contributed by atoms with van der Waals surface area (Å²) in [6.45, 7) is 6.57. The van der Waals surface area contributed by atoms with Gasteiger partial charge in [-0.3, -0.25) is 0 Å². The Morgan fingerprint density at radius 3 is 2.81 bits per heavy atom. The molecule has 0 spiro atoms. The highest BCUT2D eigenvalue weighted by molar-refractivity contribution is 7.10. The molecular weight excluding hydrogens is 288 g/mol. The van der Waals surface area contributed by atoms with E-state index in [2.05, 4.69) is 19.2 Å². The van der Waals surface area contributed by atoms with Crippen molar-refractivity contribution < 1.29 is 14.7 Å². The molecule has 116 valence electrons. The second-order valence-corrected chi connectivity index (χ2v) is 6.69. The van der Waals surface area contributed by atoms with Gasteiger partial charge in [-0.15, -0.1) is 11.3 Å². The average Bonchev–Trinajstić information content (AvgIpc) is 2.90. The van der Waals surface area contributed by atoms with E-state index in [-0.39, 0.29) is 12.1 Å². The van der Waals surface area contributed by atoms with E-state index in [9.17, 15) is 14.7 Å². The van der Waals surface area contributed by atoms with Gasteiger partial charge in [-0.2, -0.15) is 0 Å². The first kappa shape index (κ1) is 15.8. The maximum atomic E-state index is 12.5. The number of fused-ring (bicyclic) bond motifs is 1. The zero-order valence-corrected chi connectivity index (χ0v) is 13.4. The van der Waals surface area contributed by atoms with Crippen molar-refractivity contribution in [1.29, 1.82) is 0 Å². The molecule has 0 fully saturated rings. The van der Waals surface area contributed by atoms with Crippen LogP contribution in [0.4, 0.5) is 4.79 Å². The average molecular weight is 310 g/mol. The quantitative estimate of drug-likeness (QED) is 0.898. The molecular formula is C15H22N2O3S. The highest BCUT2D eigenvalue weighted by Crippen LogP contribution is 2.33. The summed E-state index contributed by atoms with van der Waals surface area (Å²) in [4.78, 5) is 26.6. The monoisotopic (exact) mass is 310 g/mol. The van der Waals surface area contributed by atoms with Crippen LogP contribution < -0.4 is 5.32 Å². The summed E-state index contributed by atoms with van der Waals surface area (Å²) in [5, 5.41) is 14.4. The first-order chi connectivity index (χ1) is 9.95. The van der Waals surface area contributed by atoms with E-state index in [4.69, 9.17) is 0 Å². The normalized spacial score (nSPS) is 19.2. The lowest BCUT2D eigenvalue weighted by atomic mass is 9.99. The van der Waals surface area contributed by atoms with E-state index >= 15 is 0 Å². The Bertz CT molecular complexity index is 527. The first-order valence-electron chi connectivity index (χ1n) is 7.31. The number of hydrogen-bond donors (Lipinski definition) is 2. The largest absolute Gasteiger partial charge is 0.479 e. The number of carbonyl (C=O) groups excluding carboxylic acids is 1. The number of aliphatic carboxylic acids is 1. The minimum absolute atomic E-state index is 0.0656. The molecule has 0 saturated carbocycles. The van der Waals surface area contributed by atoms with Crippen molar-refractivity contribution in [3.05, 3.63) is 21.9 Å². The Morgan fingerprint density at radius 1 is 1.52 bits per heavy atom. The van der Waals surface area contributed by atoms with E-state index in [0.29, 0.717) is 12.5 Å². The second kappa shape index (κ2) is 6.47. The van der Waals surface area contributed by atoms with Crippen LogP contribution in [0.1, 0.15) is 43.7 Å². The lowest BCUT2D eigenvalue weighted by Crippen LogP contribution is -2.51. The van der Waals surface area contributed by atoms with Gasteiger partial charge in [0, 0.05) is 17.5 Å². The van der Waals surface area contributed by atoms with Gasteiger partial charge in [0.25, 0.3) is 0 Å². The van der Waals surface area contributed by atoms with Gasteiger partial charge >= 0.3 is 12.0 Å². The van der Waals surface area contributed by atoms with Crippen LogP contribution in [0.25, 0.3) is 0 Å². The van der Waals surface area contributed by atoms with Gasteiger partial charge in [-0.05, 0) is 35.8 Å². The van der Waals surface area contributed by atoms with Gasteiger partial charge in [-0.1, -0.05) is 20.8 Å². The number of hydrogen-bond acceptors (Lipinski definition) is 3. The molecule has 21 heavy (non-hydrogen) atoms. The Morgan fingerprint density at radius 2 is 2.24 bits per heavy atom. The molecule has 1 aromatic rings. The summed E-state index contributed by atoms with van der Waals surface area (Å²) in [5.74, 6) is -0.647. The van der Waals surface area contributed by atoms with Crippen LogP contribution in [0.2, 0.25) is 0 Å². The predicted octanol–water partition coefficient (Wildman–Crippen LogP) is 2.88. The molecule has 2 rings (SSSR count). The highest BCUT2D eigenvalue weighted by Gasteiger charge is 2.37. The number of carbonyl (C=O) groups is 2. The maximum Gasteiger partial charge on any atom is 0.331 e. The summed E-state index contributed by atoms with van der Waals surface area (Å²) in [6, 6.07) is 0.734. The molecule has 1 aliphatic heterocycles. The van der Waals surface area contributed by atoms with E-state index in [1.54, 1.807) is 11.3 Å². The molecule has 1 aromatic heterocycles. The summed E-state index contributed by atoms with van der Waals surface area (Å²) < 4.78 is 0. The molecule has 0 aliphatic carbocycles. The van der Waals surface area contributed by atoms with Gasteiger partial charge in [0.2, 0.25) is 0 Å². The Hall–Kier alpha value is -1.56.